The summed E-state index contributed by atoms with van der Waals surface area (Å²) in [5.74, 6) is 5.60. The first-order chi connectivity index (χ1) is 8.79. The summed E-state index contributed by atoms with van der Waals surface area (Å²) >= 11 is 5.96. The largest absolute Gasteiger partial charge is 0.444 e. The molecule has 1 amide bonds. The molecule has 0 spiro atoms. The van der Waals surface area contributed by atoms with Crippen LogP contribution in [-0.2, 0) is 4.74 Å². The minimum atomic E-state index is -0.523. The van der Waals surface area contributed by atoms with Crippen LogP contribution in [0.4, 0.5) is 10.5 Å². The van der Waals surface area contributed by atoms with Gasteiger partial charge < -0.3 is 15.8 Å². The number of hydrogen-bond acceptors (Lipinski definition) is 3. The van der Waals surface area contributed by atoms with Crippen LogP contribution in [0.5, 0.6) is 0 Å². The lowest BCUT2D eigenvalue weighted by atomic mass is 10.2. The van der Waals surface area contributed by atoms with E-state index < -0.39 is 11.7 Å². The molecule has 4 nitrogen and oxygen atoms in total. The molecule has 1 aromatic carbocycles. The van der Waals surface area contributed by atoms with Crippen molar-refractivity contribution in [2.24, 2.45) is 0 Å². The fraction of sp³-hybridized carbons (Fsp3) is 0.357. The van der Waals surface area contributed by atoms with E-state index in [0.29, 0.717) is 16.3 Å². The Morgan fingerprint density at radius 2 is 2.16 bits per heavy atom. The van der Waals surface area contributed by atoms with Gasteiger partial charge in [-0.05, 0) is 32.9 Å². The lowest BCUT2D eigenvalue weighted by Gasteiger charge is -2.19. The summed E-state index contributed by atoms with van der Waals surface area (Å²) < 4.78 is 5.07. The molecule has 0 atom stereocenters. The van der Waals surface area contributed by atoms with Crippen LogP contribution in [-0.4, -0.2) is 18.2 Å². The molecular formula is C14H17ClN2O2. The van der Waals surface area contributed by atoms with Crippen LogP contribution in [0, 0.1) is 11.8 Å². The number of ether oxygens (including phenoxy) is 1. The van der Waals surface area contributed by atoms with Crippen molar-refractivity contribution < 1.29 is 9.53 Å². The van der Waals surface area contributed by atoms with E-state index >= 15 is 0 Å². The number of hydrogen-bond donors (Lipinski definition) is 2. The number of nitrogens with one attached hydrogen (secondary N) is 1. The second-order valence-electron chi connectivity index (χ2n) is 4.86. The maximum absolute atomic E-state index is 11.4. The Hall–Kier alpha value is -1.86. The van der Waals surface area contributed by atoms with Crippen LogP contribution < -0.4 is 11.1 Å². The van der Waals surface area contributed by atoms with Gasteiger partial charge in [0.1, 0.15) is 5.60 Å². The Bertz CT molecular complexity index is 504. The Morgan fingerprint density at radius 3 is 2.74 bits per heavy atom. The van der Waals surface area contributed by atoms with Gasteiger partial charge in [-0.15, -0.1) is 0 Å². The van der Waals surface area contributed by atoms with Gasteiger partial charge in [0.15, 0.2) is 0 Å². The topological polar surface area (TPSA) is 64.3 Å². The summed E-state index contributed by atoms with van der Waals surface area (Å²) in [5.41, 5.74) is 6.30. The van der Waals surface area contributed by atoms with Crippen molar-refractivity contribution in [1.29, 1.82) is 0 Å². The van der Waals surface area contributed by atoms with E-state index in [2.05, 4.69) is 17.2 Å². The molecule has 0 aliphatic carbocycles. The second kappa shape index (κ2) is 6.35. The third kappa shape index (κ3) is 5.54. The maximum Gasteiger partial charge on any atom is 0.408 e. The van der Waals surface area contributed by atoms with Crippen LogP contribution in [0.1, 0.15) is 26.3 Å². The van der Waals surface area contributed by atoms with Crippen molar-refractivity contribution in [1.82, 2.24) is 5.32 Å². The number of amides is 1. The van der Waals surface area contributed by atoms with Crippen LogP contribution in [0.25, 0.3) is 0 Å². The van der Waals surface area contributed by atoms with Gasteiger partial charge >= 0.3 is 6.09 Å². The van der Waals surface area contributed by atoms with E-state index in [0.717, 1.165) is 0 Å². The lowest BCUT2D eigenvalue weighted by molar-refractivity contribution is 0.0535. The summed E-state index contributed by atoms with van der Waals surface area (Å²) in [7, 11) is 0. The minimum absolute atomic E-state index is 0.166. The van der Waals surface area contributed by atoms with Gasteiger partial charge in [0, 0.05) is 5.69 Å². The van der Waals surface area contributed by atoms with Crippen LogP contribution in [0.2, 0.25) is 5.02 Å². The minimum Gasteiger partial charge on any atom is -0.444 e. The predicted octanol–water partition coefficient (Wildman–Crippen LogP) is 2.80. The highest BCUT2D eigenvalue weighted by Crippen LogP contribution is 2.20. The first-order valence-electron chi connectivity index (χ1n) is 5.79. The molecule has 0 saturated carbocycles. The summed E-state index contributed by atoms with van der Waals surface area (Å²) in [6.45, 7) is 5.55. The molecule has 0 saturated heterocycles. The number of rotatable bonds is 1. The van der Waals surface area contributed by atoms with Crippen molar-refractivity contribution in [2.75, 3.05) is 12.3 Å². The lowest BCUT2D eigenvalue weighted by Crippen LogP contribution is -2.32. The van der Waals surface area contributed by atoms with E-state index in [4.69, 9.17) is 22.1 Å². The quantitative estimate of drug-likeness (QED) is 0.614. The average Bonchev–Trinajstić information content (AvgIpc) is 2.25. The number of benzene rings is 1. The number of nitrogen functional groups attached to an aromatic ring is 1. The molecule has 0 fully saturated rings. The van der Waals surface area contributed by atoms with Gasteiger partial charge in [0.05, 0.1) is 17.1 Å². The fourth-order valence-corrected chi connectivity index (χ4v) is 1.46. The Balaban J connectivity index is 2.55. The second-order valence-corrected chi connectivity index (χ2v) is 5.27. The van der Waals surface area contributed by atoms with Gasteiger partial charge in [-0.3, -0.25) is 0 Å². The zero-order chi connectivity index (χ0) is 14.5. The Kier molecular flexibility index (Phi) is 5.08. The Morgan fingerprint density at radius 1 is 1.47 bits per heavy atom. The molecule has 1 aromatic rings. The predicted molar refractivity (Wildman–Crippen MR) is 77.0 cm³/mol. The highest BCUT2D eigenvalue weighted by molar-refractivity contribution is 6.32. The average molecular weight is 281 g/mol. The van der Waals surface area contributed by atoms with E-state index in [9.17, 15) is 4.79 Å². The van der Waals surface area contributed by atoms with E-state index in [1.54, 1.807) is 39.0 Å². The first-order valence-corrected chi connectivity index (χ1v) is 6.17. The molecule has 3 N–H and O–H groups in total. The monoisotopic (exact) mass is 280 g/mol. The molecule has 5 heteroatoms. The summed E-state index contributed by atoms with van der Waals surface area (Å²) in [4.78, 5) is 11.4. The first kappa shape index (κ1) is 15.2. The van der Waals surface area contributed by atoms with Gasteiger partial charge in [0.25, 0.3) is 0 Å². The van der Waals surface area contributed by atoms with Gasteiger partial charge in [0.2, 0.25) is 0 Å². The molecule has 0 unspecified atom stereocenters. The zero-order valence-electron chi connectivity index (χ0n) is 11.2. The van der Waals surface area contributed by atoms with Crippen molar-refractivity contribution in [2.45, 2.75) is 26.4 Å². The van der Waals surface area contributed by atoms with Crippen LogP contribution >= 0.6 is 11.6 Å². The summed E-state index contributed by atoms with van der Waals surface area (Å²) in [6, 6.07) is 5.18. The third-order valence-electron chi connectivity index (χ3n) is 1.98. The molecule has 0 heterocycles. The molecule has 1 rings (SSSR count). The zero-order valence-corrected chi connectivity index (χ0v) is 12.0. The number of carbonyl (C=O) groups is 1. The fourth-order valence-electron chi connectivity index (χ4n) is 1.24. The van der Waals surface area contributed by atoms with Crippen molar-refractivity contribution in [3.8, 4) is 11.8 Å². The van der Waals surface area contributed by atoms with Crippen LogP contribution in [0.15, 0.2) is 18.2 Å². The maximum atomic E-state index is 11.4. The third-order valence-corrected chi connectivity index (χ3v) is 2.29. The molecular weight excluding hydrogens is 264 g/mol. The molecule has 0 aliphatic rings. The SMILES string of the molecule is CC(C)(C)OC(=O)NCC#Cc1c(N)cccc1Cl. The molecule has 0 aliphatic heterocycles. The normalized spacial score (nSPS) is 10.3. The van der Waals surface area contributed by atoms with Crippen molar-refractivity contribution in [3.63, 3.8) is 0 Å². The van der Waals surface area contributed by atoms with Crippen molar-refractivity contribution >= 4 is 23.4 Å². The number of anilines is 1. The smallest absolute Gasteiger partial charge is 0.408 e. The number of alkyl carbamates (subject to hydrolysis) is 1. The van der Waals surface area contributed by atoms with E-state index in [1.807, 2.05) is 0 Å². The summed E-state index contributed by atoms with van der Waals surface area (Å²) in [5, 5.41) is 3.02. The van der Waals surface area contributed by atoms with Gasteiger partial charge in [-0.25, -0.2) is 4.79 Å². The number of nitrogens with two attached hydrogens (primary N) is 1. The molecule has 102 valence electrons. The van der Waals surface area contributed by atoms with Crippen molar-refractivity contribution in [3.05, 3.63) is 28.8 Å². The summed E-state index contributed by atoms with van der Waals surface area (Å²) in [6.07, 6.45) is -0.506. The molecule has 0 aromatic heterocycles. The van der Waals surface area contributed by atoms with E-state index in [-0.39, 0.29) is 6.54 Å². The highest BCUT2D eigenvalue weighted by atomic mass is 35.5. The van der Waals surface area contributed by atoms with Gasteiger partial charge in [-0.1, -0.05) is 29.5 Å². The van der Waals surface area contributed by atoms with Crippen LogP contribution in [0.3, 0.4) is 0 Å². The van der Waals surface area contributed by atoms with Gasteiger partial charge in [-0.2, -0.15) is 0 Å². The number of carbonyl (C=O) groups excluding carboxylic acids is 1. The molecule has 19 heavy (non-hydrogen) atoms. The standard InChI is InChI=1S/C14H17ClN2O2/c1-14(2,3)19-13(18)17-9-5-6-10-11(15)7-4-8-12(10)16/h4,7-8H,9,16H2,1-3H3,(H,17,18). The molecule has 0 radical (unpaired) electrons. The highest BCUT2D eigenvalue weighted by Gasteiger charge is 2.15. The molecule has 0 bridgehead atoms. The number of halogens is 1. The van der Waals surface area contributed by atoms with E-state index in [1.165, 1.54) is 0 Å². The Labute approximate surface area is 118 Å².